The fourth-order valence-corrected chi connectivity index (χ4v) is 3.52. The number of ketones is 1. The monoisotopic (exact) mass is 395 g/mol. The maximum Gasteiger partial charge on any atom is 0.260 e. The molecule has 30 heavy (non-hydrogen) atoms. The van der Waals surface area contributed by atoms with E-state index in [1.54, 1.807) is 13.2 Å². The first-order valence-electron chi connectivity index (χ1n) is 9.65. The Balaban J connectivity index is 1.87. The van der Waals surface area contributed by atoms with Crippen molar-refractivity contribution in [1.29, 1.82) is 0 Å². The lowest BCUT2D eigenvalue weighted by molar-refractivity contribution is 0.104. The molecule has 0 bridgehead atoms. The molecule has 0 saturated carbocycles. The van der Waals surface area contributed by atoms with Gasteiger partial charge in [-0.25, -0.2) is 0 Å². The van der Waals surface area contributed by atoms with Crippen molar-refractivity contribution in [1.82, 2.24) is 4.98 Å². The van der Waals surface area contributed by atoms with E-state index in [0.29, 0.717) is 11.1 Å². The van der Waals surface area contributed by atoms with Crippen LogP contribution >= 0.6 is 0 Å². The standard InChI is InChI=1S/C26H21NO3/c1-17-8-14-22-21(16-17)24(19-6-4-3-5-7-19)25(26(29)27-22)23(28)15-11-18-9-12-20(30-2)13-10-18/h3-16H,1-2H3,(H,27,29)/b15-11-. The zero-order chi connectivity index (χ0) is 21.1. The average Bonchev–Trinajstić information content (AvgIpc) is 2.78. The summed E-state index contributed by atoms with van der Waals surface area (Å²) in [6, 6.07) is 22.7. The van der Waals surface area contributed by atoms with Crippen molar-refractivity contribution >= 4 is 22.8 Å². The van der Waals surface area contributed by atoms with E-state index in [9.17, 15) is 9.59 Å². The van der Waals surface area contributed by atoms with Gasteiger partial charge in [0.2, 0.25) is 0 Å². The summed E-state index contributed by atoms with van der Waals surface area (Å²) < 4.78 is 5.16. The number of methoxy groups -OCH3 is 1. The summed E-state index contributed by atoms with van der Waals surface area (Å²) in [7, 11) is 1.60. The number of carbonyl (C=O) groups excluding carboxylic acids is 1. The number of aromatic nitrogens is 1. The average molecular weight is 395 g/mol. The quantitative estimate of drug-likeness (QED) is 0.363. The van der Waals surface area contributed by atoms with Crippen molar-refractivity contribution in [2.45, 2.75) is 6.92 Å². The number of nitrogens with one attached hydrogen (secondary N) is 1. The first-order valence-corrected chi connectivity index (χ1v) is 9.65. The van der Waals surface area contributed by atoms with Gasteiger partial charge in [-0.05, 0) is 48.4 Å². The number of hydrogen-bond acceptors (Lipinski definition) is 3. The Hall–Kier alpha value is -3.92. The van der Waals surface area contributed by atoms with Crippen molar-refractivity contribution in [3.63, 3.8) is 0 Å². The fourth-order valence-electron chi connectivity index (χ4n) is 3.52. The summed E-state index contributed by atoms with van der Waals surface area (Å²) >= 11 is 0. The maximum atomic E-state index is 13.2. The van der Waals surface area contributed by atoms with Gasteiger partial charge in [-0.15, -0.1) is 0 Å². The van der Waals surface area contributed by atoms with Gasteiger partial charge in [-0.2, -0.15) is 0 Å². The predicted molar refractivity (Wildman–Crippen MR) is 121 cm³/mol. The van der Waals surface area contributed by atoms with Crippen LogP contribution in [0.3, 0.4) is 0 Å². The SMILES string of the molecule is COc1ccc(/C=C\C(=O)c2c(-c3ccccc3)c3cc(C)ccc3[nH]c2=O)cc1. The van der Waals surface area contributed by atoms with Crippen molar-refractivity contribution in [2.24, 2.45) is 0 Å². The van der Waals surface area contributed by atoms with Crippen LogP contribution < -0.4 is 10.3 Å². The molecule has 0 saturated heterocycles. The molecule has 4 nitrogen and oxygen atoms in total. The number of aryl methyl sites for hydroxylation is 1. The Labute approximate surface area is 174 Å². The molecule has 3 aromatic carbocycles. The molecular weight excluding hydrogens is 374 g/mol. The molecular formula is C26H21NO3. The van der Waals surface area contributed by atoms with Crippen LogP contribution in [0.5, 0.6) is 5.75 Å². The number of aromatic amines is 1. The van der Waals surface area contributed by atoms with Crippen LogP contribution in [0, 0.1) is 6.92 Å². The highest BCUT2D eigenvalue weighted by Crippen LogP contribution is 2.30. The molecule has 4 aromatic rings. The number of hydrogen-bond donors (Lipinski definition) is 1. The lowest BCUT2D eigenvalue weighted by atomic mass is 9.93. The van der Waals surface area contributed by atoms with Gasteiger partial charge in [0.05, 0.1) is 12.7 Å². The van der Waals surface area contributed by atoms with Crippen LogP contribution in [0.15, 0.2) is 83.7 Å². The van der Waals surface area contributed by atoms with E-state index in [1.165, 1.54) is 6.08 Å². The highest BCUT2D eigenvalue weighted by molar-refractivity contribution is 6.15. The molecule has 0 radical (unpaired) electrons. The summed E-state index contributed by atoms with van der Waals surface area (Å²) in [5.41, 5.74) is 3.85. The van der Waals surface area contributed by atoms with Gasteiger partial charge in [0.15, 0.2) is 5.78 Å². The highest BCUT2D eigenvalue weighted by Gasteiger charge is 2.19. The van der Waals surface area contributed by atoms with Crippen molar-refractivity contribution in [2.75, 3.05) is 7.11 Å². The molecule has 1 aromatic heterocycles. The number of fused-ring (bicyclic) bond motifs is 1. The zero-order valence-corrected chi connectivity index (χ0v) is 16.8. The minimum absolute atomic E-state index is 0.143. The summed E-state index contributed by atoms with van der Waals surface area (Å²) in [5, 5.41) is 0.849. The molecule has 4 rings (SSSR count). The second kappa shape index (κ2) is 8.21. The molecule has 1 N–H and O–H groups in total. The van der Waals surface area contributed by atoms with Crippen LogP contribution in [0.2, 0.25) is 0 Å². The lowest BCUT2D eigenvalue weighted by Gasteiger charge is -2.12. The third kappa shape index (κ3) is 3.80. The van der Waals surface area contributed by atoms with Crippen LogP contribution in [0.25, 0.3) is 28.1 Å². The summed E-state index contributed by atoms with van der Waals surface area (Å²) in [6.45, 7) is 1.99. The molecule has 0 fully saturated rings. The molecule has 0 atom stereocenters. The molecule has 148 valence electrons. The van der Waals surface area contributed by atoms with Gasteiger partial charge in [-0.1, -0.05) is 60.2 Å². The van der Waals surface area contributed by atoms with Gasteiger partial charge < -0.3 is 9.72 Å². The summed E-state index contributed by atoms with van der Waals surface area (Å²) in [6.07, 6.45) is 3.15. The predicted octanol–water partition coefficient (Wildman–Crippen LogP) is 5.41. The van der Waals surface area contributed by atoms with Crippen LogP contribution in [0.4, 0.5) is 0 Å². The molecule has 0 amide bonds. The van der Waals surface area contributed by atoms with E-state index in [2.05, 4.69) is 4.98 Å². The van der Waals surface area contributed by atoms with Crippen LogP contribution in [0.1, 0.15) is 21.5 Å². The fraction of sp³-hybridized carbons (Fsp3) is 0.0769. The van der Waals surface area contributed by atoms with E-state index in [1.807, 2.05) is 79.7 Å². The Bertz CT molecular complexity index is 1300. The Morgan fingerprint density at radius 3 is 2.40 bits per heavy atom. The number of allylic oxidation sites excluding steroid dienone is 1. The Morgan fingerprint density at radius 1 is 0.967 bits per heavy atom. The van der Waals surface area contributed by atoms with E-state index >= 15 is 0 Å². The van der Waals surface area contributed by atoms with Crippen LogP contribution in [-0.4, -0.2) is 17.9 Å². The number of pyridine rings is 1. The number of H-pyrrole nitrogens is 1. The normalized spacial score (nSPS) is 11.1. The van der Waals surface area contributed by atoms with E-state index < -0.39 is 5.56 Å². The summed E-state index contributed by atoms with van der Waals surface area (Å²) in [4.78, 5) is 28.9. The molecule has 0 spiro atoms. The first kappa shape index (κ1) is 19.4. The minimum atomic E-state index is -0.394. The molecule has 0 aliphatic rings. The van der Waals surface area contributed by atoms with E-state index in [0.717, 1.165) is 27.8 Å². The molecule has 4 heteroatoms. The minimum Gasteiger partial charge on any atom is -0.497 e. The zero-order valence-electron chi connectivity index (χ0n) is 16.8. The van der Waals surface area contributed by atoms with Crippen molar-refractivity contribution < 1.29 is 9.53 Å². The second-order valence-electron chi connectivity index (χ2n) is 7.09. The van der Waals surface area contributed by atoms with E-state index in [-0.39, 0.29) is 11.3 Å². The van der Waals surface area contributed by atoms with Crippen molar-refractivity contribution in [3.8, 4) is 16.9 Å². The smallest absolute Gasteiger partial charge is 0.260 e. The first-order chi connectivity index (χ1) is 14.6. The number of benzene rings is 3. The van der Waals surface area contributed by atoms with Gasteiger partial charge in [-0.3, -0.25) is 9.59 Å². The van der Waals surface area contributed by atoms with E-state index in [4.69, 9.17) is 4.74 Å². The van der Waals surface area contributed by atoms with Gasteiger partial charge in [0.1, 0.15) is 5.75 Å². The highest BCUT2D eigenvalue weighted by atomic mass is 16.5. The third-order valence-corrected chi connectivity index (χ3v) is 5.02. The second-order valence-corrected chi connectivity index (χ2v) is 7.09. The molecule has 0 aliphatic carbocycles. The Kier molecular flexibility index (Phi) is 5.31. The topological polar surface area (TPSA) is 59.2 Å². The van der Waals surface area contributed by atoms with Gasteiger partial charge in [0, 0.05) is 16.5 Å². The lowest BCUT2D eigenvalue weighted by Crippen LogP contribution is -2.18. The number of carbonyl (C=O) groups is 1. The molecule has 0 aliphatic heterocycles. The summed E-state index contributed by atoms with van der Waals surface area (Å²) in [5.74, 6) is 0.403. The number of ether oxygens (including phenoxy) is 1. The van der Waals surface area contributed by atoms with Crippen LogP contribution in [-0.2, 0) is 0 Å². The molecule has 1 heterocycles. The third-order valence-electron chi connectivity index (χ3n) is 5.02. The number of rotatable bonds is 5. The van der Waals surface area contributed by atoms with Crippen molar-refractivity contribution in [3.05, 3.63) is 106 Å². The maximum absolute atomic E-state index is 13.2. The van der Waals surface area contributed by atoms with Gasteiger partial charge in [0.25, 0.3) is 5.56 Å². The molecule has 0 unspecified atom stereocenters. The Morgan fingerprint density at radius 2 is 1.70 bits per heavy atom. The largest absolute Gasteiger partial charge is 0.497 e. The van der Waals surface area contributed by atoms with Gasteiger partial charge >= 0.3 is 0 Å².